The summed E-state index contributed by atoms with van der Waals surface area (Å²) in [4.78, 5) is 15.4. The third-order valence-electron chi connectivity index (χ3n) is 2.25. The van der Waals surface area contributed by atoms with Gasteiger partial charge in [0.25, 0.3) is 5.91 Å². The maximum atomic E-state index is 11.6. The minimum Gasteiger partial charge on any atom is -0.376 e. The van der Waals surface area contributed by atoms with Crippen LogP contribution in [0.5, 0.6) is 0 Å². The molecule has 0 aliphatic rings. The third kappa shape index (κ3) is 2.69. The average Bonchev–Trinajstić information content (AvgIpc) is 2.90. The van der Waals surface area contributed by atoms with Gasteiger partial charge >= 0.3 is 0 Å². The first-order valence-electron chi connectivity index (χ1n) is 5.05. The van der Waals surface area contributed by atoms with E-state index in [2.05, 4.69) is 10.3 Å². The normalized spacial score (nSPS) is 9.59. The molecule has 0 saturated heterocycles. The molecule has 0 unspecified atom stereocenters. The summed E-state index contributed by atoms with van der Waals surface area (Å²) in [5.41, 5.74) is 1.40. The van der Waals surface area contributed by atoms with Gasteiger partial charge in [-0.15, -0.1) is 0 Å². The maximum Gasteiger partial charge on any atom is 0.251 e. The van der Waals surface area contributed by atoms with E-state index in [-0.39, 0.29) is 12.5 Å². The minimum atomic E-state index is -0.0909. The summed E-state index contributed by atoms with van der Waals surface area (Å²) in [5.74, 6) is -0.0909. The average molecular weight is 226 g/mol. The zero-order chi connectivity index (χ0) is 12.1. The molecular formula is C12H10N4O. The molecule has 0 aliphatic heterocycles. The van der Waals surface area contributed by atoms with Crippen LogP contribution in [0.15, 0.2) is 43.0 Å². The molecule has 0 atom stereocenters. The second kappa shape index (κ2) is 4.94. The lowest BCUT2D eigenvalue weighted by Crippen LogP contribution is -2.19. The van der Waals surface area contributed by atoms with Crippen molar-refractivity contribution < 1.29 is 4.79 Å². The number of imidazole rings is 1. The molecular weight excluding hydrogens is 216 g/mol. The van der Waals surface area contributed by atoms with Crippen LogP contribution in [0.2, 0.25) is 0 Å². The number of hydrogen-bond donors (Lipinski definition) is 1. The van der Waals surface area contributed by atoms with E-state index >= 15 is 0 Å². The van der Waals surface area contributed by atoms with Crippen LogP contribution in [-0.2, 0) is 0 Å². The Balaban J connectivity index is 1.94. The summed E-state index contributed by atoms with van der Waals surface area (Å²) >= 11 is 0. The highest BCUT2D eigenvalue weighted by Crippen LogP contribution is 2.08. The Morgan fingerprint density at radius 2 is 2.18 bits per heavy atom. The van der Waals surface area contributed by atoms with Gasteiger partial charge in [0.2, 0.25) is 0 Å². The summed E-state index contributed by atoms with van der Waals surface area (Å²) in [6.45, 7) is 0.183. The number of rotatable bonds is 3. The number of anilines is 1. The fourth-order valence-electron chi connectivity index (χ4n) is 1.34. The van der Waals surface area contributed by atoms with Crippen LogP contribution in [0.3, 0.4) is 0 Å². The number of nitrogens with zero attached hydrogens (tertiary/aromatic N) is 3. The molecule has 0 radical (unpaired) electrons. The Hall–Kier alpha value is -2.61. The molecule has 5 heteroatoms. The van der Waals surface area contributed by atoms with Gasteiger partial charge in [0.1, 0.15) is 6.33 Å². The fourth-order valence-corrected chi connectivity index (χ4v) is 1.34. The summed E-state index contributed by atoms with van der Waals surface area (Å²) in [7, 11) is 0. The molecule has 2 rings (SSSR count). The number of aromatic nitrogens is 2. The van der Waals surface area contributed by atoms with Crippen LogP contribution >= 0.6 is 0 Å². The highest BCUT2D eigenvalue weighted by molar-refractivity contribution is 5.82. The summed E-state index contributed by atoms with van der Waals surface area (Å²) in [5, 5.41) is 11.6. The second-order valence-corrected chi connectivity index (χ2v) is 3.41. The van der Waals surface area contributed by atoms with Crippen molar-refractivity contribution in [3.05, 3.63) is 48.5 Å². The standard InChI is InChI=1S/C12H10N4O/c13-7-10-1-3-11(4-2-10)15-8-12(17)16-6-5-14-9-16/h1-6,9,15H,8H2. The first-order valence-corrected chi connectivity index (χ1v) is 5.05. The van der Waals surface area contributed by atoms with Crippen LogP contribution in [0.25, 0.3) is 0 Å². The Labute approximate surface area is 98.3 Å². The predicted octanol–water partition coefficient (Wildman–Crippen LogP) is 1.51. The predicted molar refractivity (Wildman–Crippen MR) is 62.5 cm³/mol. The first-order chi connectivity index (χ1) is 8.29. The molecule has 1 aromatic heterocycles. The van der Waals surface area contributed by atoms with Crippen molar-refractivity contribution in [2.24, 2.45) is 0 Å². The number of nitrogens with one attached hydrogen (secondary N) is 1. The van der Waals surface area contributed by atoms with Gasteiger partial charge in [-0.25, -0.2) is 4.98 Å². The van der Waals surface area contributed by atoms with Gasteiger partial charge in [0, 0.05) is 18.1 Å². The Bertz CT molecular complexity index is 537. The number of carbonyl (C=O) groups is 1. The lowest BCUT2D eigenvalue weighted by molar-refractivity contribution is 0.0928. The van der Waals surface area contributed by atoms with Crippen molar-refractivity contribution in [3.8, 4) is 6.07 Å². The van der Waals surface area contributed by atoms with Crippen molar-refractivity contribution in [2.45, 2.75) is 0 Å². The summed E-state index contributed by atoms with van der Waals surface area (Å²) in [6.07, 6.45) is 4.62. The number of hydrogen-bond acceptors (Lipinski definition) is 4. The zero-order valence-corrected chi connectivity index (χ0v) is 9.00. The van der Waals surface area contributed by atoms with Gasteiger partial charge in [-0.2, -0.15) is 5.26 Å². The van der Waals surface area contributed by atoms with Crippen LogP contribution in [0.4, 0.5) is 5.69 Å². The number of nitriles is 1. The van der Waals surface area contributed by atoms with E-state index in [1.807, 2.05) is 6.07 Å². The van der Waals surface area contributed by atoms with Gasteiger partial charge in [-0.3, -0.25) is 9.36 Å². The van der Waals surface area contributed by atoms with E-state index in [0.29, 0.717) is 5.56 Å². The summed E-state index contributed by atoms with van der Waals surface area (Å²) in [6, 6.07) is 8.96. The van der Waals surface area contributed by atoms with Crippen molar-refractivity contribution in [1.29, 1.82) is 5.26 Å². The number of benzene rings is 1. The monoisotopic (exact) mass is 226 g/mol. The van der Waals surface area contributed by atoms with Gasteiger partial charge in [-0.1, -0.05) is 0 Å². The third-order valence-corrected chi connectivity index (χ3v) is 2.25. The quantitative estimate of drug-likeness (QED) is 0.861. The molecule has 1 aromatic carbocycles. The SMILES string of the molecule is N#Cc1ccc(NCC(=O)n2ccnc2)cc1. The highest BCUT2D eigenvalue weighted by atomic mass is 16.2. The fraction of sp³-hybridized carbons (Fsp3) is 0.0833. The molecule has 5 nitrogen and oxygen atoms in total. The van der Waals surface area contributed by atoms with E-state index < -0.39 is 0 Å². The minimum absolute atomic E-state index is 0.0909. The molecule has 0 aliphatic carbocycles. The highest BCUT2D eigenvalue weighted by Gasteiger charge is 2.03. The van der Waals surface area contributed by atoms with Gasteiger partial charge in [0.05, 0.1) is 18.2 Å². The van der Waals surface area contributed by atoms with Crippen LogP contribution in [-0.4, -0.2) is 22.0 Å². The largest absolute Gasteiger partial charge is 0.376 e. The molecule has 17 heavy (non-hydrogen) atoms. The lowest BCUT2D eigenvalue weighted by Gasteiger charge is -2.05. The van der Waals surface area contributed by atoms with E-state index in [1.165, 1.54) is 10.9 Å². The zero-order valence-electron chi connectivity index (χ0n) is 9.00. The Kier molecular flexibility index (Phi) is 3.17. The molecule has 0 spiro atoms. The Morgan fingerprint density at radius 3 is 2.76 bits per heavy atom. The van der Waals surface area contributed by atoms with Crippen molar-refractivity contribution in [2.75, 3.05) is 11.9 Å². The van der Waals surface area contributed by atoms with Gasteiger partial charge in [0.15, 0.2) is 0 Å². The first kappa shape index (κ1) is 10.9. The van der Waals surface area contributed by atoms with Gasteiger partial charge in [-0.05, 0) is 24.3 Å². The number of carbonyl (C=O) groups excluding carboxylic acids is 1. The van der Waals surface area contributed by atoms with Crippen LogP contribution in [0, 0.1) is 11.3 Å². The smallest absolute Gasteiger partial charge is 0.251 e. The van der Waals surface area contributed by atoms with Crippen LogP contribution < -0.4 is 5.32 Å². The molecule has 0 fully saturated rings. The maximum absolute atomic E-state index is 11.6. The molecule has 0 bridgehead atoms. The van der Waals surface area contributed by atoms with Crippen molar-refractivity contribution >= 4 is 11.6 Å². The summed E-state index contributed by atoms with van der Waals surface area (Å²) < 4.78 is 1.41. The lowest BCUT2D eigenvalue weighted by atomic mass is 10.2. The van der Waals surface area contributed by atoms with E-state index in [9.17, 15) is 4.79 Å². The molecule has 2 aromatic rings. The van der Waals surface area contributed by atoms with Crippen LogP contribution in [0.1, 0.15) is 10.4 Å². The second-order valence-electron chi connectivity index (χ2n) is 3.41. The molecule has 0 saturated carbocycles. The topological polar surface area (TPSA) is 70.7 Å². The van der Waals surface area contributed by atoms with E-state index in [1.54, 1.807) is 36.7 Å². The van der Waals surface area contributed by atoms with E-state index in [4.69, 9.17) is 5.26 Å². The Morgan fingerprint density at radius 1 is 1.41 bits per heavy atom. The van der Waals surface area contributed by atoms with E-state index in [0.717, 1.165) is 5.69 Å². The molecule has 1 heterocycles. The molecule has 0 amide bonds. The van der Waals surface area contributed by atoms with Gasteiger partial charge < -0.3 is 5.32 Å². The molecule has 84 valence electrons. The van der Waals surface area contributed by atoms with Crippen molar-refractivity contribution in [3.63, 3.8) is 0 Å². The molecule has 1 N–H and O–H groups in total. The van der Waals surface area contributed by atoms with Crippen molar-refractivity contribution in [1.82, 2.24) is 9.55 Å².